The number of unbranched alkanes of at least 4 members (excludes halogenated alkanes) is 24. The zero-order valence-electron chi connectivity index (χ0n) is 29.8. The third-order valence-electron chi connectivity index (χ3n) is 10.2. The highest BCUT2D eigenvalue weighted by atomic mass is 16.4. The Kier molecular flexibility index (Phi) is 23.7. The van der Waals surface area contributed by atoms with E-state index in [0.717, 1.165) is 51.4 Å². The molecule has 1 aliphatic rings. The maximum Gasteiger partial charge on any atom is 0.186 e. The summed E-state index contributed by atoms with van der Waals surface area (Å²) in [6.07, 6.45) is 26.5. The molecule has 2 unspecified atom stereocenters. The van der Waals surface area contributed by atoms with Crippen molar-refractivity contribution in [1.82, 2.24) is 0 Å². The van der Waals surface area contributed by atoms with Gasteiger partial charge in [-0.25, -0.2) is 0 Å². The fourth-order valence-corrected chi connectivity index (χ4v) is 6.92. The minimum atomic E-state index is -2.67. The van der Waals surface area contributed by atoms with Crippen LogP contribution in [0.2, 0.25) is 0 Å². The molecule has 7 nitrogen and oxygen atoms in total. The van der Waals surface area contributed by atoms with Gasteiger partial charge in [-0.1, -0.05) is 168 Å². The van der Waals surface area contributed by atoms with Crippen molar-refractivity contribution in [2.45, 2.75) is 212 Å². The lowest BCUT2D eigenvalue weighted by Crippen LogP contribution is -2.68. The van der Waals surface area contributed by atoms with E-state index in [1.165, 1.54) is 103 Å². The summed E-state index contributed by atoms with van der Waals surface area (Å²) in [6.45, 7) is 3.32. The molecule has 3 N–H and O–H groups in total. The van der Waals surface area contributed by atoms with Gasteiger partial charge in [0.15, 0.2) is 40.3 Å². The fourth-order valence-electron chi connectivity index (χ4n) is 6.92. The molecule has 0 aromatic carbocycles. The number of carbonyl (C=O) groups is 4. The Labute approximate surface area is 281 Å². The standard InChI is InChI=1S/C39H70O7/c1-3-5-7-9-11-13-15-17-19-21-23-25-27-29-33(41)38(31-35(43)39(46,32-40)37(45)36(38)44)34(42)30-28-26-24-22-20-18-16-14-12-10-8-6-4-2/h37,40,45-46H,3-32H2,1-2H3. The van der Waals surface area contributed by atoms with E-state index in [1.807, 2.05) is 0 Å². The van der Waals surface area contributed by atoms with Crippen LogP contribution >= 0.6 is 0 Å². The van der Waals surface area contributed by atoms with E-state index in [4.69, 9.17) is 0 Å². The lowest BCUT2D eigenvalue weighted by atomic mass is 9.60. The van der Waals surface area contributed by atoms with E-state index in [1.54, 1.807) is 0 Å². The molecule has 46 heavy (non-hydrogen) atoms. The van der Waals surface area contributed by atoms with Gasteiger partial charge in [-0.2, -0.15) is 0 Å². The van der Waals surface area contributed by atoms with E-state index < -0.39 is 53.3 Å². The minimum Gasteiger partial charge on any atom is -0.393 e. The van der Waals surface area contributed by atoms with Crippen LogP contribution < -0.4 is 0 Å². The summed E-state index contributed by atoms with van der Waals surface area (Å²) in [4.78, 5) is 53.4. The molecule has 0 aromatic heterocycles. The van der Waals surface area contributed by atoms with Crippen LogP contribution in [0.3, 0.4) is 0 Å². The average molecular weight is 651 g/mol. The van der Waals surface area contributed by atoms with Gasteiger partial charge in [-0.15, -0.1) is 0 Å². The first-order valence-corrected chi connectivity index (χ1v) is 19.4. The number of hydrogen-bond donors (Lipinski definition) is 3. The molecule has 1 saturated carbocycles. The number of Topliss-reactive ketones (excluding diaryl/α,β-unsaturated/α-hetero) is 4. The van der Waals surface area contributed by atoms with Crippen molar-refractivity contribution in [3.05, 3.63) is 0 Å². The molecule has 1 rings (SSSR count). The summed E-state index contributed by atoms with van der Waals surface area (Å²) in [5.74, 6) is -3.43. The van der Waals surface area contributed by atoms with Crippen LogP contribution in [0.5, 0.6) is 0 Å². The van der Waals surface area contributed by atoms with Gasteiger partial charge < -0.3 is 15.3 Å². The highest BCUT2D eigenvalue weighted by molar-refractivity contribution is 6.30. The summed E-state index contributed by atoms with van der Waals surface area (Å²) in [5.41, 5.74) is -4.93. The molecule has 2 atom stereocenters. The third-order valence-corrected chi connectivity index (χ3v) is 10.2. The van der Waals surface area contributed by atoms with Gasteiger partial charge in [0.2, 0.25) is 0 Å². The second-order valence-electron chi connectivity index (χ2n) is 14.2. The summed E-state index contributed by atoms with van der Waals surface area (Å²) in [7, 11) is 0. The monoisotopic (exact) mass is 651 g/mol. The molecule has 1 aliphatic carbocycles. The summed E-state index contributed by atoms with van der Waals surface area (Å²) < 4.78 is 0. The summed E-state index contributed by atoms with van der Waals surface area (Å²) in [5, 5.41) is 30.6. The minimum absolute atomic E-state index is 0.0224. The van der Waals surface area contributed by atoms with Gasteiger partial charge in [-0.3, -0.25) is 19.2 Å². The molecular formula is C39H70O7. The Morgan fingerprint density at radius 2 is 0.848 bits per heavy atom. The molecule has 7 heteroatoms. The van der Waals surface area contributed by atoms with Gasteiger partial charge in [-0.05, 0) is 12.8 Å². The van der Waals surface area contributed by atoms with Gasteiger partial charge in [0, 0.05) is 19.3 Å². The SMILES string of the molecule is CCCCCCCCCCCCCCCC(=O)C1(C(=O)CCCCCCCCCCCCCCC)CC(=O)C(O)(CO)C(O)C1=O. The maximum absolute atomic E-state index is 13.5. The summed E-state index contributed by atoms with van der Waals surface area (Å²) in [6, 6.07) is 0. The van der Waals surface area contributed by atoms with E-state index in [-0.39, 0.29) is 12.8 Å². The molecule has 0 spiro atoms. The number of aliphatic hydroxyl groups excluding tert-OH is 2. The molecule has 0 aromatic rings. The molecule has 0 bridgehead atoms. The zero-order valence-corrected chi connectivity index (χ0v) is 29.8. The quantitative estimate of drug-likeness (QED) is 0.0506. The highest BCUT2D eigenvalue weighted by Gasteiger charge is 2.64. The highest BCUT2D eigenvalue weighted by Crippen LogP contribution is 2.40. The zero-order chi connectivity index (χ0) is 34.1. The van der Waals surface area contributed by atoms with E-state index >= 15 is 0 Å². The third kappa shape index (κ3) is 14.8. The van der Waals surface area contributed by atoms with E-state index in [9.17, 15) is 34.5 Å². The predicted octanol–water partition coefficient (Wildman–Crippen LogP) is 8.70. The molecule has 1 fully saturated rings. The lowest BCUT2D eigenvalue weighted by molar-refractivity contribution is -0.185. The number of aliphatic hydroxyl groups is 3. The number of carbonyl (C=O) groups excluding carboxylic acids is 4. The van der Waals surface area contributed by atoms with Crippen LogP contribution in [0.25, 0.3) is 0 Å². The van der Waals surface area contributed by atoms with Crippen molar-refractivity contribution in [1.29, 1.82) is 0 Å². The van der Waals surface area contributed by atoms with Gasteiger partial charge >= 0.3 is 0 Å². The molecule has 0 amide bonds. The fraction of sp³-hybridized carbons (Fsp3) is 0.897. The van der Waals surface area contributed by atoms with Crippen LogP contribution in [-0.4, -0.2) is 56.8 Å². The molecule has 0 aliphatic heterocycles. The normalized spacial score (nSPS) is 19.5. The Morgan fingerprint density at radius 3 is 1.13 bits per heavy atom. The molecule has 0 radical (unpaired) electrons. The van der Waals surface area contributed by atoms with Crippen LogP contribution in [-0.2, 0) is 19.2 Å². The Balaban J connectivity index is 2.50. The van der Waals surface area contributed by atoms with Crippen molar-refractivity contribution < 1.29 is 34.5 Å². The van der Waals surface area contributed by atoms with E-state index in [0.29, 0.717) is 12.8 Å². The molecule has 0 heterocycles. The number of ketones is 4. The van der Waals surface area contributed by atoms with Crippen molar-refractivity contribution in [3.63, 3.8) is 0 Å². The number of rotatable bonds is 31. The first-order chi connectivity index (χ1) is 22.2. The first kappa shape index (κ1) is 42.6. The van der Waals surface area contributed by atoms with Crippen molar-refractivity contribution in [2.75, 3.05) is 6.61 Å². The van der Waals surface area contributed by atoms with Crippen molar-refractivity contribution in [3.8, 4) is 0 Å². The molecule has 0 saturated heterocycles. The smallest absolute Gasteiger partial charge is 0.186 e. The van der Waals surface area contributed by atoms with Gasteiger partial charge in [0.25, 0.3) is 0 Å². The van der Waals surface area contributed by atoms with Gasteiger partial charge in [0.05, 0.1) is 6.61 Å². The van der Waals surface area contributed by atoms with Crippen LogP contribution in [0, 0.1) is 5.41 Å². The topological polar surface area (TPSA) is 129 Å². The first-order valence-electron chi connectivity index (χ1n) is 19.4. The lowest BCUT2D eigenvalue weighted by Gasteiger charge is -2.42. The second kappa shape index (κ2) is 25.6. The Morgan fingerprint density at radius 1 is 0.565 bits per heavy atom. The average Bonchev–Trinajstić information content (AvgIpc) is 3.05. The Bertz CT molecular complexity index is 811. The van der Waals surface area contributed by atoms with Crippen LogP contribution in [0.1, 0.15) is 200 Å². The second-order valence-corrected chi connectivity index (χ2v) is 14.2. The largest absolute Gasteiger partial charge is 0.393 e. The van der Waals surface area contributed by atoms with Crippen molar-refractivity contribution >= 4 is 23.1 Å². The molecular weight excluding hydrogens is 580 g/mol. The molecule has 268 valence electrons. The van der Waals surface area contributed by atoms with Crippen LogP contribution in [0.4, 0.5) is 0 Å². The van der Waals surface area contributed by atoms with Crippen LogP contribution in [0.15, 0.2) is 0 Å². The number of hydrogen-bond acceptors (Lipinski definition) is 7. The Hall–Kier alpha value is -1.44. The summed E-state index contributed by atoms with van der Waals surface area (Å²) >= 11 is 0. The predicted molar refractivity (Wildman–Crippen MR) is 186 cm³/mol. The van der Waals surface area contributed by atoms with Crippen molar-refractivity contribution in [2.24, 2.45) is 5.41 Å². The van der Waals surface area contributed by atoms with E-state index in [2.05, 4.69) is 13.8 Å². The maximum atomic E-state index is 13.5. The van der Waals surface area contributed by atoms with Gasteiger partial charge in [0.1, 0.15) is 0 Å².